The molecule has 30 heavy (non-hydrogen) atoms. The summed E-state index contributed by atoms with van der Waals surface area (Å²) in [6.07, 6.45) is 2.98. The Morgan fingerprint density at radius 1 is 1.10 bits per heavy atom. The highest BCUT2D eigenvalue weighted by atomic mass is 16.6. The van der Waals surface area contributed by atoms with E-state index in [4.69, 9.17) is 14.5 Å². The lowest BCUT2D eigenvalue weighted by Crippen LogP contribution is -2.27. The van der Waals surface area contributed by atoms with Gasteiger partial charge in [0.1, 0.15) is 5.75 Å². The van der Waals surface area contributed by atoms with E-state index in [1.165, 1.54) is 0 Å². The predicted molar refractivity (Wildman–Crippen MR) is 115 cm³/mol. The molecule has 0 aliphatic heterocycles. The molecule has 1 aromatic heterocycles. The third-order valence-corrected chi connectivity index (χ3v) is 5.23. The highest BCUT2D eigenvalue weighted by Gasteiger charge is 2.25. The minimum absolute atomic E-state index is 0.0449. The molecule has 1 saturated carbocycles. The van der Waals surface area contributed by atoms with E-state index in [2.05, 4.69) is 5.32 Å². The van der Waals surface area contributed by atoms with E-state index in [0.717, 1.165) is 41.4 Å². The first-order chi connectivity index (χ1) is 14.6. The number of pyridine rings is 1. The molecule has 1 heterocycles. The maximum absolute atomic E-state index is 12.3. The average molecular weight is 404 g/mol. The number of aromatic nitrogens is 1. The Labute approximate surface area is 175 Å². The van der Waals surface area contributed by atoms with Crippen LogP contribution in [-0.4, -0.2) is 30.1 Å². The van der Waals surface area contributed by atoms with Crippen molar-refractivity contribution in [3.8, 4) is 17.0 Å². The van der Waals surface area contributed by atoms with Gasteiger partial charge in [0.25, 0.3) is 0 Å². The molecule has 1 fully saturated rings. The summed E-state index contributed by atoms with van der Waals surface area (Å²) < 4.78 is 10.8. The molecule has 0 atom stereocenters. The Hall–Kier alpha value is -3.41. The number of ether oxygens (including phenoxy) is 2. The maximum atomic E-state index is 12.3. The van der Waals surface area contributed by atoms with Crippen LogP contribution in [0.15, 0.2) is 54.6 Å². The molecule has 6 nitrogen and oxygen atoms in total. The SMILES string of the molecule is CCOC(=O)COc1cc(-c2ccccc2)nc2ccc(NC(=O)C3CCC3)cc12. The van der Waals surface area contributed by atoms with Gasteiger partial charge in [-0.05, 0) is 38.0 Å². The molecular formula is C24H24N2O4. The Morgan fingerprint density at radius 3 is 2.60 bits per heavy atom. The fourth-order valence-electron chi connectivity index (χ4n) is 3.40. The first-order valence-electron chi connectivity index (χ1n) is 10.2. The van der Waals surface area contributed by atoms with Crippen molar-refractivity contribution < 1.29 is 19.1 Å². The smallest absolute Gasteiger partial charge is 0.344 e. The van der Waals surface area contributed by atoms with Crippen molar-refractivity contribution in [3.05, 3.63) is 54.6 Å². The van der Waals surface area contributed by atoms with Crippen LogP contribution in [0.4, 0.5) is 5.69 Å². The van der Waals surface area contributed by atoms with E-state index >= 15 is 0 Å². The summed E-state index contributed by atoms with van der Waals surface area (Å²) in [6.45, 7) is 1.86. The highest BCUT2D eigenvalue weighted by molar-refractivity contribution is 5.97. The number of anilines is 1. The van der Waals surface area contributed by atoms with Gasteiger partial charge in [-0.15, -0.1) is 0 Å². The zero-order valence-electron chi connectivity index (χ0n) is 16.9. The van der Waals surface area contributed by atoms with Crippen LogP contribution in [-0.2, 0) is 14.3 Å². The summed E-state index contributed by atoms with van der Waals surface area (Å²) in [5.41, 5.74) is 3.10. The van der Waals surface area contributed by atoms with Gasteiger partial charge in [0, 0.05) is 28.6 Å². The van der Waals surface area contributed by atoms with Crippen LogP contribution in [0, 0.1) is 5.92 Å². The number of benzene rings is 2. The van der Waals surface area contributed by atoms with Crippen molar-refractivity contribution in [2.75, 3.05) is 18.5 Å². The summed E-state index contributed by atoms with van der Waals surface area (Å²) in [7, 11) is 0. The molecule has 1 N–H and O–H groups in total. The van der Waals surface area contributed by atoms with Crippen molar-refractivity contribution in [3.63, 3.8) is 0 Å². The number of carbonyl (C=O) groups excluding carboxylic acids is 2. The van der Waals surface area contributed by atoms with Crippen LogP contribution in [0.1, 0.15) is 26.2 Å². The Balaban J connectivity index is 1.68. The van der Waals surface area contributed by atoms with Gasteiger partial charge >= 0.3 is 5.97 Å². The lowest BCUT2D eigenvalue weighted by Gasteiger charge is -2.24. The zero-order chi connectivity index (χ0) is 20.9. The lowest BCUT2D eigenvalue weighted by atomic mass is 9.85. The third-order valence-electron chi connectivity index (χ3n) is 5.23. The first kappa shape index (κ1) is 19.9. The molecule has 3 aromatic rings. The molecule has 1 amide bonds. The van der Waals surface area contributed by atoms with Gasteiger partial charge in [-0.2, -0.15) is 0 Å². The topological polar surface area (TPSA) is 77.5 Å². The normalized spacial score (nSPS) is 13.5. The van der Waals surface area contributed by atoms with Crippen LogP contribution >= 0.6 is 0 Å². The maximum Gasteiger partial charge on any atom is 0.344 e. The Morgan fingerprint density at radius 2 is 1.90 bits per heavy atom. The largest absolute Gasteiger partial charge is 0.481 e. The van der Waals surface area contributed by atoms with Gasteiger partial charge in [-0.1, -0.05) is 36.8 Å². The lowest BCUT2D eigenvalue weighted by molar-refractivity contribution is -0.145. The van der Waals surface area contributed by atoms with E-state index in [1.54, 1.807) is 6.92 Å². The molecule has 6 heteroatoms. The first-order valence-corrected chi connectivity index (χ1v) is 10.2. The van der Waals surface area contributed by atoms with Gasteiger partial charge in [-0.3, -0.25) is 4.79 Å². The van der Waals surface area contributed by atoms with E-state index in [9.17, 15) is 9.59 Å². The van der Waals surface area contributed by atoms with Gasteiger partial charge in [0.15, 0.2) is 6.61 Å². The number of hydrogen-bond acceptors (Lipinski definition) is 5. The van der Waals surface area contributed by atoms with E-state index in [0.29, 0.717) is 18.0 Å². The molecule has 154 valence electrons. The average Bonchev–Trinajstić information content (AvgIpc) is 2.71. The summed E-state index contributed by atoms with van der Waals surface area (Å²) in [5.74, 6) is 0.229. The minimum atomic E-state index is -0.432. The number of fused-ring (bicyclic) bond motifs is 1. The van der Waals surface area contributed by atoms with Crippen LogP contribution in [0.25, 0.3) is 22.2 Å². The van der Waals surface area contributed by atoms with Crippen molar-refractivity contribution in [2.24, 2.45) is 5.92 Å². The number of carbonyl (C=O) groups is 2. The molecular weight excluding hydrogens is 380 g/mol. The monoisotopic (exact) mass is 404 g/mol. The minimum Gasteiger partial charge on any atom is -0.481 e. The molecule has 4 rings (SSSR count). The van der Waals surface area contributed by atoms with Crippen LogP contribution in [0.5, 0.6) is 5.75 Å². The fraction of sp³-hybridized carbons (Fsp3) is 0.292. The van der Waals surface area contributed by atoms with Crippen molar-refractivity contribution in [1.29, 1.82) is 0 Å². The molecule has 0 radical (unpaired) electrons. The summed E-state index contributed by atoms with van der Waals surface area (Å²) in [6, 6.07) is 17.1. The van der Waals surface area contributed by atoms with Crippen molar-refractivity contribution >= 4 is 28.5 Å². The van der Waals surface area contributed by atoms with Gasteiger partial charge in [-0.25, -0.2) is 9.78 Å². The molecule has 0 saturated heterocycles. The molecule has 1 aliphatic carbocycles. The summed E-state index contributed by atoms with van der Waals surface area (Å²) >= 11 is 0. The summed E-state index contributed by atoms with van der Waals surface area (Å²) in [5, 5.41) is 3.71. The van der Waals surface area contributed by atoms with E-state index < -0.39 is 5.97 Å². The van der Waals surface area contributed by atoms with Crippen LogP contribution in [0.2, 0.25) is 0 Å². The van der Waals surface area contributed by atoms with Crippen molar-refractivity contribution in [2.45, 2.75) is 26.2 Å². The Kier molecular flexibility index (Phi) is 5.93. The summed E-state index contributed by atoms with van der Waals surface area (Å²) in [4.78, 5) is 28.9. The van der Waals surface area contributed by atoms with E-state index in [1.807, 2.05) is 54.6 Å². The molecule has 2 aromatic carbocycles. The third kappa shape index (κ3) is 4.43. The second kappa shape index (κ2) is 8.95. The quantitative estimate of drug-likeness (QED) is 0.583. The molecule has 0 unspecified atom stereocenters. The number of amides is 1. The molecule has 1 aliphatic rings. The second-order valence-corrected chi connectivity index (χ2v) is 7.31. The number of nitrogens with zero attached hydrogens (tertiary/aromatic N) is 1. The van der Waals surface area contributed by atoms with Gasteiger partial charge in [0.05, 0.1) is 17.8 Å². The van der Waals surface area contributed by atoms with Gasteiger partial charge in [0.2, 0.25) is 5.91 Å². The fourth-order valence-corrected chi connectivity index (χ4v) is 3.40. The van der Waals surface area contributed by atoms with Crippen LogP contribution < -0.4 is 10.1 Å². The predicted octanol–water partition coefficient (Wildman–Crippen LogP) is 4.58. The second-order valence-electron chi connectivity index (χ2n) is 7.31. The zero-order valence-corrected chi connectivity index (χ0v) is 16.9. The molecule has 0 spiro atoms. The number of rotatable bonds is 7. The number of nitrogens with one attached hydrogen (secondary N) is 1. The van der Waals surface area contributed by atoms with Gasteiger partial charge < -0.3 is 14.8 Å². The standard InChI is InChI=1S/C24H24N2O4/c1-2-29-23(27)15-30-22-14-21(16-7-4-3-5-8-16)26-20-12-11-18(13-19(20)22)25-24(28)17-9-6-10-17/h3-5,7-8,11-14,17H,2,6,9-10,15H2,1H3,(H,25,28). The Bertz CT molecular complexity index is 1060. The van der Waals surface area contributed by atoms with Crippen molar-refractivity contribution in [1.82, 2.24) is 4.98 Å². The van der Waals surface area contributed by atoms with Crippen LogP contribution in [0.3, 0.4) is 0 Å². The molecule has 0 bridgehead atoms. The van der Waals surface area contributed by atoms with E-state index in [-0.39, 0.29) is 18.4 Å². The highest BCUT2D eigenvalue weighted by Crippen LogP contribution is 2.33. The number of hydrogen-bond donors (Lipinski definition) is 1. The number of esters is 1.